The molecule has 0 aliphatic heterocycles. The van der Waals surface area contributed by atoms with Crippen molar-refractivity contribution in [3.63, 3.8) is 0 Å². The number of carbonyl (C=O) groups is 2. The Bertz CT molecular complexity index is 1040. The predicted octanol–water partition coefficient (Wildman–Crippen LogP) is 3.15. The van der Waals surface area contributed by atoms with Gasteiger partial charge in [0.2, 0.25) is 6.41 Å². The zero-order chi connectivity index (χ0) is 22.4. The van der Waals surface area contributed by atoms with Crippen molar-refractivity contribution >= 4 is 23.8 Å². The zero-order valence-electron chi connectivity index (χ0n) is 17.9. The van der Waals surface area contributed by atoms with Crippen LogP contribution in [0.3, 0.4) is 0 Å². The van der Waals surface area contributed by atoms with Crippen LogP contribution in [0.5, 0.6) is 5.75 Å². The number of anilines is 2. The van der Waals surface area contributed by atoms with Crippen molar-refractivity contribution in [3.05, 3.63) is 65.5 Å². The second-order valence-electron chi connectivity index (χ2n) is 6.88. The molecule has 8 heteroatoms. The monoisotopic (exact) mass is 422 g/mol. The lowest BCUT2D eigenvalue weighted by molar-refractivity contribution is -0.107. The Morgan fingerprint density at radius 1 is 1.16 bits per heavy atom. The number of nitrogen functional groups attached to an aromatic ring is 1. The summed E-state index contributed by atoms with van der Waals surface area (Å²) in [5.41, 5.74) is 9.66. The van der Waals surface area contributed by atoms with Crippen LogP contribution in [-0.2, 0) is 16.0 Å². The van der Waals surface area contributed by atoms with E-state index in [1.807, 2.05) is 31.2 Å². The minimum Gasteiger partial charge on any atom is -0.497 e. The van der Waals surface area contributed by atoms with Gasteiger partial charge in [-0.05, 0) is 68.8 Å². The number of ether oxygens (including phenoxy) is 2. The number of methoxy groups -OCH3 is 1. The number of carbonyl (C=O) groups excluding carboxylic acids is 2. The third kappa shape index (κ3) is 4.85. The standard InChI is InChI=1S/C23H26N4O4/c1-4-31-23(29)22-21(13-14-26(15-28)18-7-5-17(24)6-8-18)16(2)27(25-22)19-9-11-20(30-3)12-10-19/h5-12,15H,4,13-14,24H2,1-3H3. The minimum absolute atomic E-state index is 0.248. The van der Waals surface area contributed by atoms with E-state index < -0.39 is 5.97 Å². The van der Waals surface area contributed by atoms with Crippen LogP contribution in [0.15, 0.2) is 48.5 Å². The molecule has 0 radical (unpaired) electrons. The molecule has 31 heavy (non-hydrogen) atoms. The van der Waals surface area contributed by atoms with Crippen molar-refractivity contribution < 1.29 is 19.1 Å². The topological polar surface area (TPSA) is 99.7 Å². The van der Waals surface area contributed by atoms with E-state index >= 15 is 0 Å². The molecule has 0 bridgehead atoms. The highest BCUT2D eigenvalue weighted by Crippen LogP contribution is 2.23. The molecule has 8 nitrogen and oxygen atoms in total. The van der Waals surface area contributed by atoms with Crippen molar-refractivity contribution in [3.8, 4) is 11.4 Å². The molecular formula is C23H26N4O4. The Kier molecular flexibility index (Phi) is 6.92. The fourth-order valence-electron chi connectivity index (χ4n) is 3.31. The number of hydrogen-bond donors (Lipinski definition) is 1. The molecule has 0 unspecified atom stereocenters. The first-order chi connectivity index (χ1) is 15.0. The van der Waals surface area contributed by atoms with E-state index in [9.17, 15) is 9.59 Å². The Morgan fingerprint density at radius 3 is 2.42 bits per heavy atom. The number of benzene rings is 2. The lowest BCUT2D eigenvalue weighted by Gasteiger charge is -2.18. The zero-order valence-corrected chi connectivity index (χ0v) is 17.9. The van der Waals surface area contributed by atoms with Gasteiger partial charge in [0, 0.05) is 29.2 Å². The first-order valence-electron chi connectivity index (χ1n) is 9.96. The van der Waals surface area contributed by atoms with Crippen LogP contribution in [0.1, 0.15) is 28.7 Å². The first kappa shape index (κ1) is 21.9. The molecule has 1 amide bonds. The Morgan fingerprint density at radius 2 is 1.84 bits per heavy atom. The summed E-state index contributed by atoms with van der Waals surface area (Å²) in [7, 11) is 1.60. The van der Waals surface area contributed by atoms with E-state index in [0.717, 1.165) is 34.8 Å². The number of hydrogen-bond acceptors (Lipinski definition) is 6. The second-order valence-corrected chi connectivity index (χ2v) is 6.88. The van der Waals surface area contributed by atoms with Gasteiger partial charge < -0.3 is 20.1 Å². The number of nitrogens with two attached hydrogens (primary N) is 1. The molecule has 0 saturated heterocycles. The molecule has 0 aliphatic carbocycles. The number of nitrogens with zero attached hydrogens (tertiary/aromatic N) is 3. The Balaban J connectivity index is 1.92. The van der Waals surface area contributed by atoms with Gasteiger partial charge in [0.1, 0.15) is 5.75 Å². The van der Waals surface area contributed by atoms with Crippen molar-refractivity contribution in [1.82, 2.24) is 9.78 Å². The highest BCUT2D eigenvalue weighted by atomic mass is 16.5. The van der Waals surface area contributed by atoms with Crippen molar-refractivity contribution in [2.75, 3.05) is 30.9 Å². The van der Waals surface area contributed by atoms with Crippen LogP contribution < -0.4 is 15.4 Å². The largest absolute Gasteiger partial charge is 0.497 e. The summed E-state index contributed by atoms with van der Waals surface area (Å²) >= 11 is 0. The molecule has 2 aromatic carbocycles. The maximum absolute atomic E-state index is 12.6. The lowest BCUT2D eigenvalue weighted by atomic mass is 10.1. The van der Waals surface area contributed by atoms with Gasteiger partial charge in [-0.1, -0.05) is 0 Å². The summed E-state index contributed by atoms with van der Waals surface area (Å²) < 4.78 is 12.1. The Labute approximate surface area is 181 Å². The molecule has 0 aliphatic rings. The Hall–Kier alpha value is -3.81. The minimum atomic E-state index is -0.488. The van der Waals surface area contributed by atoms with Gasteiger partial charge in [0.05, 0.1) is 19.4 Å². The van der Waals surface area contributed by atoms with Crippen LogP contribution in [0.25, 0.3) is 5.69 Å². The highest BCUT2D eigenvalue weighted by molar-refractivity contribution is 5.89. The average molecular weight is 422 g/mol. The van der Waals surface area contributed by atoms with Crippen LogP contribution in [-0.4, -0.2) is 42.4 Å². The summed E-state index contributed by atoms with van der Waals surface area (Å²) in [4.78, 5) is 25.8. The van der Waals surface area contributed by atoms with Gasteiger partial charge in [-0.3, -0.25) is 4.79 Å². The van der Waals surface area contributed by atoms with Gasteiger partial charge in [-0.15, -0.1) is 0 Å². The molecule has 0 spiro atoms. The molecule has 0 fully saturated rings. The van der Waals surface area contributed by atoms with E-state index in [1.165, 1.54) is 0 Å². The molecule has 0 saturated carbocycles. The number of rotatable bonds is 9. The first-order valence-corrected chi connectivity index (χ1v) is 9.96. The third-order valence-electron chi connectivity index (χ3n) is 4.98. The van der Waals surface area contributed by atoms with E-state index in [1.54, 1.807) is 47.9 Å². The fourth-order valence-corrected chi connectivity index (χ4v) is 3.31. The molecule has 3 aromatic rings. The van der Waals surface area contributed by atoms with E-state index in [-0.39, 0.29) is 12.3 Å². The van der Waals surface area contributed by atoms with Crippen molar-refractivity contribution in [1.29, 1.82) is 0 Å². The normalized spacial score (nSPS) is 10.5. The van der Waals surface area contributed by atoms with Gasteiger partial charge in [0.25, 0.3) is 0 Å². The fraction of sp³-hybridized carbons (Fsp3) is 0.261. The summed E-state index contributed by atoms with van der Waals surface area (Å²) in [5, 5.41) is 4.52. The maximum Gasteiger partial charge on any atom is 0.359 e. The summed E-state index contributed by atoms with van der Waals surface area (Å²) in [6.45, 7) is 4.26. The van der Waals surface area contributed by atoms with Crippen LogP contribution >= 0.6 is 0 Å². The van der Waals surface area contributed by atoms with Gasteiger partial charge in [-0.2, -0.15) is 5.10 Å². The second kappa shape index (κ2) is 9.80. The molecular weight excluding hydrogens is 396 g/mol. The number of amides is 1. The molecule has 0 atom stereocenters. The quantitative estimate of drug-likeness (QED) is 0.323. The van der Waals surface area contributed by atoms with E-state index in [0.29, 0.717) is 18.7 Å². The molecule has 1 heterocycles. The summed E-state index contributed by atoms with van der Waals surface area (Å²) in [6, 6.07) is 14.4. The highest BCUT2D eigenvalue weighted by Gasteiger charge is 2.23. The van der Waals surface area contributed by atoms with Gasteiger partial charge in [-0.25, -0.2) is 9.48 Å². The van der Waals surface area contributed by atoms with E-state index in [2.05, 4.69) is 5.10 Å². The van der Waals surface area contributed by atoms with Crippen LogP contribution in [0.2, 0.25) is 0 Å². The molecule has 1 aromatic heterocycles. The number of aromatic nitrogens is 2. The van der Waals surface area contributed by atoms with Crippen molar-refractivity contribution in [2.45, 2.75) is 20.3 Å². The summed E-state index contributed by atoms with van der Waals surface area (Å²) in [5.74, 6) is 0.238. The SMILES string of the molecule is CCOC(=O)c1nn(-c2ccc(OC)cc2)c(C)c1CCN(C=O)c1ccc(N)cc1. The number of esters is 1. The smallest absolute Gasteiger partial charge is 0.359 e. The van der Waals surface area contributed by atoms with E-state index in [4.69, 9.17) is 15.2 Å². The molecule has 2 N–H and O–H groups in total. The predicted molar refractivity (Wildman–Crippen MR) is 119 cm³/mol. The molecule has 3 rings (SSSR count). The maximum atomic E-state index is 12.6. The van der Waals surface area contributed by atoms with Crippen LogP contribution in [0, 0.1) is 6.92 Å². The van der Waals surface area contributed by atoms with Gasteiger partial charge in [0.15, 0.2) is 5.69 Å². The molecule has 162 valence electrons. The van der Waals surface area contributed by atoms with Crippen molar-refractivity contribution in [2.24, 2.45) is 0 Å². The lowest BCUT2D eigenvalue weighted by Crippen LogP contribution is -2.24. The van der Waals surface area contributed by atoms with Crippen LogP contribution in [0.4, 0.5) is 11.4 Å². The average Bonchev–Trinajstić information content (AvgIpc) is 3.12. The van der Waals surface area contributed by atoms with Gasteiger partial charge >= 0.3 is 5.97 Å². The summed E-state index contributed by atoms with van der Waals surface area (Å²) in [6.07, 6.45) is 1.19. The third-order valence-corrected chi connectivity index (χ3v) is 4.98.